The van der Waals surface area contributed by atoms with Gasteiger partial charge in [0.05, 0.1) is 30.2 Å². The summed E-state index contributed by atoms with van der Waals surface area (Å²) in [5.74, 6) is 0.258. The number of likely N-dealkylation sites (tertiary alicyclic amines) is 1. The maximum atomic E-state index is 12.4. The van der Waals surface area contributed by atoms with Gasteiger partial charge in [0, 0.05) is 31.7 Å². The fourth-order valence-corrected chi connectivity index (χ4v) is 3.74. The van der Waals surface area contributed by atoms with Gasteiger partial charge < -0.3 is 10.6 Å². The van der Waals surface area contributed by atoms with Crippen LogP contribution in [0.2, 0.25) is 0 Å². The van der Waals surface area contributed by atoms with E-state index in [9.17, 15) is 4.79 Å². The first-order valence-electron chi connectivity index (χ1n) is 9.44. The van der Waals surface area contributed by atoms with Crippen molar-refractivity contribution in [2.24, 2.45) is 5.92 Å². The Labute approximate surface area is 178 Å². The van der Waals surface area contributed by atoms with Gasteiger partial charge in [0.15, 0.2) is 0 Å². The number of piperidine rings is 1. The van der Waals surface area contributed by atoms with E-state index >= 15 is 0 Å². The summed E-state index contributed by atoms with van der Waals surface area (Å²) >= 11 is 0. The van der Waals surface area contributed by atoms with Gasteiger partial charge in [-0.2, -0.15) is 5.10 Å². The molecule has 7 nitrogen and oxygen atoms in total. The minimum Gasteiger partial charge on any atom is -0.350 e. The summed E-state index contributed by atoms with van der Waals surface area (Å²) in [6.45, 7) is 6.13. The molecule has 1 saturated heterocycles. The van der Waals surface area contributed by atoms with Crippen LogP contribution in [0.25, 0.3) is 0 Å². The Hall–Kier alpha value is -1.67. The predicted molar refractivity (Wildman–Crippen MR) is 113 cm³/mol. The summed E-state index contributed by atoms with van der Waals surface area (Å²) in [5, 5.41) is 11.1. The van der Waals surface area contributed by atoms with Crippen LogP contribution in [0.5, 0.6) is 0 Å². The number of carbonyl (C=O) groups excluding carboxylic acids is 1. The summed E-state index contributed by atoms with van der Waals surface area (Å²) in [4.78, 5) is 19.0. The number of halogens is 2. The smallest absolute Gasteiger partial charge is 0.223 e. The second-order valence-corrected chi connectivity index (χ2v) is 7.12. The van der Waals surface area contributed by atoms with Crippen molar-refractivity contribution in [1.29, 1.82) is 0 Å². The molecule has 2 aliphatic rings. The highest BCUT2D eigenvalue weighted by Gasteiger charge is 2.25. The van der Waals surface area contributed by atoms with Crippen molar-refractivity contribution >= 4 is 30.7 Å². The van der Waals surface area contributed by atoms with Crippen molar-refractivity contribution in [3.8, 4) is 0 Å². The number of rotatable bonds is 5. The van der Waals surface area contributed by atoms with Crippen molar-refractivity contribution < 1.29 is 4.79 Å². The van der Waals surface area contributed by atoms with E-state index < -0.39 is 0 Å². The first-order chi connectivity index (χ1) is 12.8. The van der Waals surface area contributed by atoms with Gasteiger partial charge in [0.2, 0.25) is 5.91 Å². The molecule has 0 bridgehead atoms. The molecule has 0 aliphatic carbocycles. The van der Waals surface area contributed by atoms with Gasteiger partial charge in [-0.05, 0) is 44.1 Å². The minimum absolute atomic E-state index is 0. The van der Waals surface area contributed by atoms with Gasteiger partial charge in [-0.25, -0.2) is 0 Å². The Morgan fingerprint density at radius 1 is 1.18 bits per heavy atom. The van der Waals surface area contributed by atoms with Crippen molar-refractivity contribution in [3.05, 3.63) is 47.5 Å². The predicted octanol–water partition coefficient (Wildman–Crippen LogP) is 1.75. The molecule has 0 unspecified atom stereocenters. The molecule has 2 aromatic heterocycles. The monoisotopic (exact) mass is 426 g/mol. The normalized spacial score (nSPS) is 17.1. The zero-order chi connectivity index (χ0) is 17.8. The summed E-state index contributed by atoms with van der Waals surface area (Å²) in [7, 11) is 0. The zero-order valence-electron chi connectivity index (χ0n) is 15.8. The average Bonchev–Trinajstić information content (AvgIpc) is 3.10. The Kier molecular flexibility index (Phi) is 8.69. The van der Waals surface area contributed by atoms with E-state index in [0.29, 0.717) is 6.54 Å². The lowest BCUT2D eigenvalue weighted by Crippen LogP contribution is -2.40. The van der Waals surface area contributed by atoms with E-state index in [1.54, 1.807) is 6.20 Å². The fourth-order valence-electron chi connectivity index (χ4n) is 3.74. The molecule has 0 saturated carbocycles. The maximum absolute atomic E-state index is 12.4. The lowest BCUT2D eigenvalue weighted by molar-refractivity contribution is -0.126. The van der Waals surface area contributed by atoms with Crippen molar-refractivity contribution in [2.45, 2.75) is 39.0 Å². The molecule has 0 aromatic carbocycles. The number of hydrogen-bond donors (Lipinski definition) is 2. The molecular formula is C19H28Cl2N6O. The zero-order valence-corrected chi connectivity index (χ0v) is 17.5. The Morgan fingerprint density at radius 2 is 2.00 bits per heavy atom. The van der Waals surface area contributed by atoms with E-state index in [2.05, 4.69) is 31.3 Å². The van der Waals surface area contributed by atoms with Crippen LogP contribution in [-0.2, 0) is 31.0 Å². The van der Waals surface area contributed by atoms with Crippen LogP contribution < -0.4 is 10.6 Å². The molecule has 2 aliphatic heterocycles. The standard InChI is InChI=1S/C19H26N6O.2ClH/c26-19(22-12-16-3-1-2-6-21-16)15-4-8-24(9-5-15)14-17-11-18-13-20-7-10-25(18)23-17;;/h1-3,6,11,15,20H,4-5,7-10,12-14H2,(H,22,26);2*1H. The van der Waals surface area contributed by atoms with Gasteiger partial charge in [0.1, 0.15) is 0 Å². The molecule has 28 heavy (non-hydrogen) atoms. The van der Waals surface area contributed by atoms with Crippen LogP contribution in [0.3, 0.4) is 0 Å². The highest BCUT2D eigenvalue weighted by atomic mass is 35.5. The second kappa shape index (κ2) is 10.8. The molecule has 9 heteroatoms. The Morgan fingerprint density at radius 3 is 2.71 bits per heavy atom. The molecule has 0 spiro atoms. The van der Waals surface area contributed by atoms with Gasteiger partial charge in [-0.3, -0.25) is 19.4 Å². The largest absolute Gasteiger partial charge is 0.350 e. The molecule has 4 rings (SSSR count). The fraction of sp³-hybridized carbons (Fsp3) is 0.526. The highest BCUT2D eigenvalue weighted by molar-refractivity contribution is 5.85. The number of hydrogen-bond acceptors (Lipinski definition) is 5. The summed E-state index contributed by atoms with van der Waals surface area (Å²) < 4.78 is 2.11. The molecule has 0 radical (unpaired) electrons. The van der Waals surface area contributed by atoms with E-state index in [1.165, 1.54) is 5.69 Å². The molecular weight excluding hydrogens is 399 g/mol. The first kappa shape index (κ1) is 22.6. The molecule has 0 atom stereocenters. The van der Waals surface area contributed by atoms with Gasteiger partial charge in [-0.15, -0.1) is 24.8 Å². The van der Waals surface area contributed by atoms with Crippen LogP contribution >= 0.6 is 24.8 Å². The van der Waals surface area contributed by atoms with Crippen LogP contribution in [0, 0.1) is 5.92 Å². The number of fused-ring (bicyclic) bond motifs is 1. The van der Waals surface area contributed by atoms with Crippen LogP contribution in [0.15, 0.2) is 30.5 Å². The lowest BCUT2D eigenvalue weighted by Gasteiger charge is -2.30. The average molecular weight is 427 g/mol. The lowest BCUT2D eigenvalue weighted by atomic mass is 9.96. The van der Waals surface area contributed by atoms with Crippen LogP contribution in [0.1, 0.15) is 29.9 Å². The number of amides is 1. The third kappa shape index (κ3) is 5.67. The molecule has 2 aromatic rings. The number of aromatic nitrogens is 3. The van der Waals surface area contributed by atoms with Gasteiger partial charge in [0.25, 0.3) is 0 Å². The maximum Gasteiger partial charge on any atom is 0.223 e. The van der Waals surface area contributed by atoms with Gasteiger partial charge >= 0.3 is 0 Å². The minimum atomic E-state index is 0. The topological polar surface area (TPSA) is 75.1 Å². The molecule has 4 heterocycles. The Bertz CT molecular complexity index is 723. The van der Waals surface area contributed by atoms with Crippen LogP contribution in [-0.4, -0.2) is 45.2 Å². The molecule has 2 N–H and O–H groups in total. The summed E-state index contributed by atoms with van der Waals surface area (Å²) in [5.41, 5.74) is 3.31. The highest BCUT2D eigenvalue weighted by Crippen LogP contribution is 2.20. The number of nitrogens with zero attached hydrogens (tertiary/aromatic N) is 4. The third-order valence-electron chi connectivity index (χ3n) is 5.23. The van der Waals surface area contributed by atoms with Gasteiger partial charge in [-0.1, -0.05) is 6.07 Å². The molecule has 154 valence electrons. The van der Waals surface area contributed by atoms with E-state index in [4.69, 9.17) is 5.10 Å². The summed E-state index contributed by atoms with van der Waals surface area (Å²) in [6, 6.07) is 7.96. The van der Waals surface area contributed by atoms with Crippen molar-refractivity contribution in [1.82, 2.24) is 30.3 Å². The third-order valence-corrected chi connectivity index (χ3v) is 5.23. The number of carbonyl (C=O) groups is 1. The molecule has 1 fully saturated rings. The second-order valence-electron chi connectivity index (χ2n) is 7.12. The first-order valence-corrected chi connectivity index (χ1v) is 9.44. The van der Waals surface area contributed by atoms with E-state index in [0.717, 1.165) is 63.5 Å². The number of nitrogens with one attached hydrogen (secondary N) is 2. The number of pyridine rings is 1. The summed E-state index contributed by atoms with van der Waals surface area (Å²) in [6.07, 6.45) is 3.57. The van der Waals surface area contributed by atoms with Crippen molar-refractivity contribution in [3.63, 3.8) is 0 Å². The van der Waals surface area contributed by atoms with Crippen LogP contribution in [0.4, 0.5) is 0 Å². The quantitative estimate of drug-likeness (QED) is 0.761. The van der Waals surface area contributed by atoms with E-state index in [-0.39, 0.29) is 36.6 Å². The van der Waals surface area contributed by atoms with Crippen molar-refractivity contribution in [2.75, 3.05) is 19.6 Å². The molecule has 1 amide bonds. The SMILES string of the molecule is Cl.Cl.O=C(NCc1ccccn1)C1CCN(Cc2cc3n(n2)CCNC3)CC1. The van der Waals surface area contributed by atoms with E-state index in [1.807, 2.05) is 18.2 Å². The Balaban J connectivity index is 0.00000140.